The number of aliphatic carboxylic acids is 1. The largest absolute Gasteiger partial charge is 0.481 e. The van der Waals surface area contributed by atoms with E-state index in [0.29, 0.717) is 19.0 Å². The van der Waals surface area contributed by atoms with Gasteiger partial charge in [0.1, 0.15) is 0 Å². The van der Waals surface area contributed by atoms with Crippen LogP contribution >= 0.6 is 0 Å². The van der Waals surface area contributed by atoms with Gasteiger partial charge in [0.2, 0.25) is 0 Å². The van der Waals surface area contributed by atoms with Crippen molar-refractivity contribution in [2.45, 2.75) is 39.5 Å². The van der Waals surface area contributed by atoms with Crippen LogP contribution in [0.2, 0.25) is 0 Å². The van der Waals surface area contributed by atoms with Gasteiger partial charge in [0, 0.05) is 19.6 Å². The van der Waals surface area contributed by atoms with Crippen LogP contribution in [-0.4, -0.2) is 41.6 Å². The maximum absolute atomic E-state index is 12.1. The fraction of sp³-hybridized carbons (Fsp3) is 0.867. The topological polar surface area (TPSA) is 69.6 Å². The lowest BCUT2D eigenvalue weighted by molar-refractivity contribution is -0.142. The Balaban J connectivity index is 1.74. The molecule has 2 N–H and O–H groups in total. The first-order valence-electron chi connectivity index (χ1n) is 7.73. The van der Waals surface area contributed by atoms with Gasteiger partial charge in [-0.15, -0.1) is 0 Å². The van der Waals surface area contributed by atoms with E-state index >= 15 is 0 Å². The van der Waals surface area contributed by atoms with E-state index in [1.165, 1.54) is 25.7 Å². The van der Waals surface area contributed by atoms with E-state index in [1.54, 1.807) is 4.90 Å². The van der Waals surface area contributed by atoms with Gasteiger partial charge in [0.25, 0.3) is 0 Å². The summed E-state index contributed by atoms with van der Waals surface area (Å²) in [6.07, 6.45) is 4.88. The van der Waals surface area contributed by atoms with Crippen molar-refractivity contribution in [3.05, 3.63) is 0 Å². The summed E-state index contributed by atoms with van der Waals surface area (Å²) in [6.45, 7) is 5.80. The summed E-state index contributed by atoms with van der Waals surface area (Å²) in [6, 6.07) is -0.0979. The highest BCUT2D eigenvalue weighted by atomic mass is 16.4. The lowest BCUT2D eigenvalue weighted by Crippen LogP contribution is -2.41. The van der Waals surface area contributed by atoms with Gasteiger partial charge in [0.05, 0.1) is 5.92 Å². The number of nitrogens with zero attached hydrogens (tertiary/aromatic N) is 1. The molecule has 0 aromatic heterocycles. The molecule has 1 saturated carbocycles. The number of urea groups is 1. The molecule has 2 fully saturated rings. The van der Waals surface area contributed by atoms with Crippen molar-refractivity contribution >= 4 is 12.0 Å². The van der Waals surface area contributed by atoms with Crippen LogP contribution in [0.1, 0.15) is 39.5 Å². The van der Waals surface area contributed by atoms with Crippen LogP contribution < -0.4 is 5.32 Å². The van der Waals surface area contributed by atoms with Gasteiger partial charge < -0.3 is 15.3 Å². The minimum Gasteiger partial charge on any atom is -0.481 e. The molecule has 20 heavy (non-hydrogen) atoms. The van der Waals surface area contributed by atoms with Gasteiger partial charge in [-0.2, -0.15) is 0 Å². The number of carboxylic acid groups (broad SMARTS) is 1. The molecule has 1 saturated heterocycles. The van der Waals surface area contributed by atoms with E-state index in [0.717, 1.165) is 12.5 Å². The number of carboxylic acids is 1. The van der Waals surface area contributed by atoms with E-state index in [-0.39, 0.29) is 11.9 Å². The van der Waals surface area contributed by atoms with Crippen LogP contribution in [0.5, 0.6) is 0 Å². The summed E-state index contributed by atoms with van der Waals surface area (Å²) in [5.74, 6) is 0.224. The molecule has 0 unspecified atom stereocenters. The number of hydrogen-bond acceptors (Lipinski definition) is 2. The molecule has 2 amide bonds. The van der Waals surface area contributed by atoms with Crippen LogP contribution in [0.4, 0.5) is 4.79 Å². The molecule has 0 aromatic rings. The molecule has 5 heteroatoms. The van der Waals surface area contributed by atoms with E-state index < -0.39 is 11.9 Å². The highest BCUT2D eigenvalue weighted by Crippen LogP contribution is 2.28. The first kappa shape index (κ1) is 15.1. The number of likely N-dealkylation sites (tertiary alicyclic amines) is 1. The maximum atomic E-state index is 12.1. The standard InChI is InChI=1S/C15H26N2O3/c1-10-3-5-12(6-4-10)7-16-15(20)17-8-11(2)13(9-17)14(18)19/h10-13H,3-9H2,1-2H3,(H,16,20)(H,18,19)/t10?,11-,12?,13-/m1/s1. The summed E-state index contributed by atoms with van der Waals surface area (Å²) in [7, 11) is 0. The van der Waals surface area contributed by atoms with Crippen LogP contribution in [0, 0.1) is 23.7 Å². The zero-order chi connectivity index (χ0) is 14.7. The second-order valence-corrected chi connectivity index (χ2v) is 6.64. The van der Waals surface area contributed by atoms with Gasteiger partial charge >= 0.3 is 12.0 Å². The van der Waals surface area contributed by atoms with E-state index in [2.05, 4.69) is 12.2 Å². The smallest absolute Gasteiger partial charge is 0.317 e. The van der Waals surface area contributed by atoms with Gasteiger partial charge in [-0.1, -0.05) is 26.7 Å². The normalized spacial score (nSPS) is 34.0. The lowest BCUT2D eigenvalue weighted by Gasteiger charge is -2.27. The molecule has 0 aromatic carbocycles. The zero-order valence-electron chi connectivity index (χ0n) is 12.5. The average Bonchev–Trinajstić information content (AvgIpc) is 2.80. The molecular formula is C15H26N2O3. The number of rotatable bonds is 3. The lowest BCUT2D eigenvalue weighted by atomic mass is 9.83. The summed E-state index contributed by atoms with van der Waals surface area (Å²) in [5.41, 5.74) is 0. The Kier molecular flexibility index (Phi) is 4.89. The van der Waals surface area contributed by atoms with Gasteiger partial charge in [0.15, 0.2) is 0 Å². The Bertz CT molecular complexity index is 364. The Labute approximate surface area is 120 Å². The third-order valence-corrected chi connectivity index (χ3v) is 4.89. The predicted octanol–water partition coefficient (Wildman–Crippen LogP) is 2.17. The second kappa shape index (κ2) is 6.46. The van der Waals surface area contributed by atoms with Crippen LogP contribution in [-0.2, 0) is 4.79 Å². The Morgan fingerprint density at radius 3 is 2.35 bits per heavy atom. The Morgan fingerprint density at radius 2 is 1.80 bits per heavy atom. The average molecular weight is 282 g/mol. The van der Waals surface area contributed by atoms with Crippen LogP contribution in [0.3, 0.4) is 0 Å². The molecule has 1 aliphatic heterocycles. The molecule has 2 atom stereocenters. The fourth-order valence-corrected chi connectivity index (χ4v) is 3.33. The fourth-order valence-electron chi connectivity index (χ4n) is 3.33. The van der Waals surface area contributed by atoms with Crippen molar-refractivity contribution in [2.24, 2.45) is 23.7 Å². The first-order valence-corrected chi connectivity index (χ1v) is 7.73. The highest BCUT2D eigenvalue weighted by molar-refractivity contribution is 5.77. The highest BCUT2D eigenvalue weighted by Gasteiger charge is 2.37. The Hall–Kier alpha value is -1.26. The molecular weight excluding hydrogens is 256 g/mol. The minimum atomic E-state index is -0.797. The van der Waals surface area contributed by atoms with Crippen molar-refractivity contribution < 1.29 is 14.7 Å². The number of amides is 2. The number of carbonyl (C=O) groups excluding carboxylic acids is 1. The van der Waals surface area contributed by atoms with E-state index in [4.69, 9.17) is 5.11 Å². The van der Waals surface area contributed by atoms with Crippen molar-refractivity contribution in [3.63, 3.8) is 0 Å². The molecule has 2 rings (SSSR count). The third-order valence-electron chi connectivity index (χ3n) is 4.89. The quantitative estimate of drug-likeness (QED) is 0.833. The van der Waals surface area contributed by atoms with Crippen molar-refractivity contribution in [1.29, 1.82) is 0 Å². The zero-order valence-corrected chi connectivity index (χ0v) is 12.5. The molecule has 0 spiro atoms. The molecule has 0 radical (unpaired) electrons. The van der Waals surface area contributed by atoms with Gasteiger partial charge in [-0.05, 0) is 30.6 Å². The van der Waals surface area contributed by atoms with Gasteiger partial charge in [-0.25, -0.2) is 4.79 Å². The first-order chi connectivity index (χ1) is 9.47. The van der Waals surface area contributed by atoms with Crippen LogP contribution in [0.25, 0.3) is 0 Å². The Morgan fingerprint density at radius 1 is 1.15 bits per heavy atom. The molecule has 1 aliphatic carbocycles. The molecule has 1 heterocycles. The van der Waals surface area contributed by atoms with Crippen molar-refractivity contribution in [2.75, 3.05) is 19.6 Å². The number of nitrogens with one attached hydrogen (secondary N) is 1. The third kappa shape index (κ3) is 3.64. The molecule has 5 nitrogen and oxygen atoms in total. The summed E-state index contributed by atoms with van der Waals surface area (Å²) in [5, 5.41) is 12.1. The summed E-state index contributed by atoms with van der Waals surface area (Å²) < 4.78 is 0. The number of carbonyl (C=O) groups is 2. The van der Waals surface area contributed by atoms with Crippen LogP contribution in [0.15, 0.2) is 0 Å². The number of hydrogen-bond donors (Lipinski definition) is 2. The SMILES string of the molecule is CC1CCC(CNC(=O)N2C[C@@H](C)[C@H](C(=O)O)C2)CC1. The minimum absolute atomic E-state index is 0.0359. The van der Waals surface area contributed by atoms with Gasteiger partial charge in [-0.3, -0.25) is 4.79 Å². The second-order valence-electron chi connectivity index (χ2n) is 6.64. The molecule has 2 aliphatic rings. The van der Waals surface area contributed by atoms with E-state index in [1.807, 2.05) is 6.92 Å². The summed E-state index contributed by atoms with van der Waals surface area (Å²) in [4.78, 5) is 24.8. The van der Waals surface area contributed by atoms with Crippen molar-refractivity contribution in [1.82, 2.24) is 10.2 Å². The van der Waals surface area contributed by atoms with E-state index in [9.17, 15) is 9.59 Å². The van der Waals surface area contributed by atoms with Crippen molar-refractivity contribution in [3.8, 4) is 0 Å². The summed E-state index contributed by atoms with van der Waals surface area (Å²) >= 11 is 0. The predicted molar refractivity (Wildman–Crippen MR) is 76.4 cm³/mol. The molecule has 114 valence electrons. The molecule has 0 bridgehead atoms. The maximum Gasteiger partial charge on any atom is 0.317 e. The monoisotopic (exact) mass is 282 g/mol.